The lowest BCUT2D eigenvalue weighted by molar-refractivity contribution is 0.103. The van der Waals surface area contributed by atoms with Crippen LogP contribution < -0.4 is 5.56 Å². The van der Waals surface area contributed by atoms with Crippen molar-refractivity contribution in [1.82, 2.24) is 14.5 Å². The van der Waals surface area contributed by atoms with Gasteiger partial charge in [0.1, 0.15) is 5.15 Å². The third-order valence-corrected chi connectivity index (χ3v) is 6.95. The molecule has 1 fully saturated rings. The van der Waals surface area contributed by atoms with E-state index in [2.05, 4.69) is 4.98 Å². The smallest absolute Gasteiger partial charge is 0.261 e. The Morgan fingerprint density at radius 3 is 2.73 bits per heavy atom. The molecule has 0 aliphatic heterocycles. The molecule has 1 aromatic carbocycles. The molecule has 2 aliphatic carbocycles. The minimum atomic E-state index is -0.488. The van der Waals surface area contributed by atoms with Gasteiger partial charge in [-0.2, -0.15) is 0 Å². The van der Waals surface area contributed by atoms with E-state index in [9.17, 15) is 9.90 Å². The van der Waals surface area contributed by atoms with E-state index in [0.717, 1.165) is 68.9 Å². The summed E-state index contributed by atoms with van der Waals surface area (Å²) in [6.07, 6.45) is 11.5. The molecule has 30 heavy (non-hydrogen) atoms. The minimum Gasteiger partial charge on any atom is -0.391 e. The molecule has 0 radical (unpaired) electrons. The fourth-order valence-corrected chi connectivity index (χ4v) is 5.30. The van der Waals surface area contributed by atoms with Gasteiger partial charge in [-0.1, -0.05) is 36.9 Å². The fourth-order valence-electron chi connectivity index (χ4n) is 5.19. The Morgan fingerprint density at radius 1 is 1.07 bits per heavy atom. The number of pyridine rings is 1. The molecular weight excluding hydrogens is 398 g/mol. The van der Waals surface area contributed by atoms with Crippen molar-refractivity contribution >= 4 is 22.5 Å². The molecule has 2 unspecified atom stereocenters. The van der Waals surface area contributed by atoms with Gasteiger partial charge in [0.05, 0.1) is 29.4 Å². The van der Waals surface area contributed by atoms with E-state index in [1.807, 2.05) is 12.1 Å². The summed E-state index contributed by atoms with van der Waals surface area (Å²) in [4.78, 5) is 22.5. The molecule has 0 spiro atoms. The highest BCUT2D eigenvalue weighted by Gasteiger charge is 2.26. The Labute approximate surface area is 180 Å². The van der Waals surface area contributed by atoms with Gasteiger partial charge in [-0.3, -0.25) is 9.36 Å². The summed E-state index contributed by atoms with van der Waals surface area (Å²) in [6, 6.07) is 5.64. The summed E-state index contributed by atoms with van der Waals surface area (Å²) in [5, 5.41) is 11.8. The van der Waals surface area contributed by atoms with Crippen molar-refractivity contribution in [1.29, 1.82) is 0 Å². The second-order valence-electron chi connectivity index (χ2n) is 8.64. The summed E-state index contributed by atoms with van der Waals surface area (Å²) in [5.74, 6) is 0. The number of hydrogen-bond acceptors (Lipinski definition) is 4. The summed E-state index contributed by atoms with van der Waals surface area (Å²) in [6.45, 7) is 0. The number of hydrogen-bond donors (Lipinski definition) is 1. The number of benzene rings is 1. The van der Waals surface area contributed by atoms with E-state index in [1.54, 1.807) is 23.2 Å². The molecule has 156 valence electrons. The van der Waals surface area contributed by atoms with Crippen LogP contribution in [0.2, 0.25) is 5.15 Å². The molecule has 2 aromatic heterocycles. The zero-order valence-electron chi connectivity index (χ0n) is 17.0. The first kappa shape index (κ1) is 19.7. The molecule has 5 nitrogen and oxygen atoms in total. The van der Waals surface area contributed by atoms with Gasteiger partial charge in [-0.15, -0.1) is 0 Å². The molecule has 3 aromatic rings. The van der Waals surface area contributed by atoms with E-state index in [-0.39, 0.29) is 11.6 Å². The van der Waals surface area contributed by atoms with Crippen molar-refractivity contribution in [2.24, 2.45) is 0 Å². The summed E-state index contributed by atoms with van der Waals surface area (Å²) in [5.41, 5.74) is 5.61. The Morgan fingerprint density at radius 2 is 1.90 bits per heavy atom. The van der Waals surface area contributed by atoms with Gasteiger partial charge in [-0.05, 0) is 72.9 Å². The number of aromatic nitrogens is 3. The molecule has 1 N–H and O–H groups in total. The van der Waals surface area contributed by atoms with Crippen LogP contribution in [0.3, 0.4) is 0 Å². The van der Waals surface area contributed by atoms with Crippen LogP contribution in [0.4, 0.5) is 0 Å². The lowest BCUT2D eigenvalue weighted by Gasteiger charge is -2.23. The molecule has 5 rings (SSSR count). The number of fused-ring (bicyclic) bond motifs is 3. The molecular formula is C24H26ClN3O2. The second kappa shape index (κ2) is 8.12. The number of aryl methyl sites for hydroxylation is 1. The Hall–Kier alpha value is -2.24. The van der Waals surface area contributed by atoms with E-state index >= 15 is 0 Å². The molecule has 1 saturated carbocycles. The molecule has 0 bridgehead atoms. The summed E-state index contributed by atoms with van der Waals surface area (Å²) >= 11 is 5.94. The lowest BCUT2D eigenvalue weighted by Crippen LogP contribution is -2.32. The maximum absolute atomic E-state index is 13.5. The lowest BCUT2D eigenvalue weighted by atomic mass is 9.95. The van der Waals surface area contributed by atoms with Crippen LogP contribution in [-0.4, -0.2) is 25.7 Å². The van der Waals surface area contributed by atoms with Crippen LogP contribution >= 0.6 is 11.6 Å². The largest absolute Gasteiger partial charge is 0.391 e. The van der Waals surface area contributed by atoms with Crippen LogP contribution in [0, 0.1) is 0 Å². The molecule has 0 amide bonds. The topological polar surface area (TPSA) is 68.0 Å². The van der Waals surface area contributed by atoms with Crippen molar-refractivity contribution in [2.45, 2.75) is 69.9 Å². The summed E-state index contributed by atoms with van der Waals surface area (Å²) in [7, 11) is 0. The Bertz CT molecular complexity index is 1140. The third kappa shape index (κ3) is 3.54. The van der Waals surface area contributed by atoms with Crippen molar-refractivity contribution in [3.05, 3.63) is 68.5 Å². The predicted molar refractivity (Wildman–Crippen MR) is 118 cm³/mol. The average molecular weight is 424 g/mol. The van der Waals surface area contributed by atoms with Crippen molar-refractivity contribution in [3.63, 3.8) is 0 Å². The van der Waals surface area contributed by atoms with Crippen LogP contribution in [0.1, 0.15) is 66.8 Å². The van der Waals surface area contributed by atoms with Gasteiger partial charge in [0.25, 0.3) is 5.56 Å². The zero-order chi connectivity index (χ0) is 20.7. The average Bonchev–Trinajstić information content (AvgIpc) is 3.15. The molecule has 2 aliphatic rings. The van der Waals surface area contributed by atoms with Gasteiger partial charge in [0.2, 0.25) is 0 Å². The van der Waals surface area contributed by atoms with Crippen LogP contribution in [0.5, 0.6) is 0 Å². The maximum Gasteiger partial charge on any atom is 0.261 e. The molecule has 2 atom stereocenters. The Kier molecular flexibility index (Phi) is 5.34. The standard InChI is InChI=1S/C24H26ClN3O2/c25-22-10-9-15(13-26-22)11-16-12-19-23(18-6-4-5-17(16)18)27-14-28(24(19)30)20-7-2-1-3-8-21(20)29/h9-10,12-14,20-21,29H,1-8,11H2. The van der Waals surface area contributed by atoms with Crippen LogP contribution in [0.15, 0.2) is 35.5 Å². The van der Waals surface area contributed by atoms with Crippen LogP contribution in [0.25, 0.3) is 10.9 Å². The number of aliphatic hydroxyl groups is 1. The molecule has 0 saturated heterocycles. The first-order valence-electron chi connectivity index (χ1n) is 10.9. The second-order valence-corrected chi connectivity index (χ2v) is 9.03. The highest BCUT2D eigenvalue weighted by Crippen LogP contribution is 2.33. The fraction of sp³-hybridized carbons (Fsp3) is 0.458. The monoisotopic (exact) mass is 423 g/mol. The molecule has 2 heterocycles. The van der Waals surface area contributed by atoms with Gasteiger partial charge in [0.15, 0.2) is 0 Å². The normalized spacial score (nSPS) is 21.5. The highest BCUT2D eigenvalue weighted by atomic mass is 35.5. The van der Waals surface area contributed by atoms with Gasteiger partial charge < -0.3 is 5.11 Å². The first-order chi connectivity index (χ1) is 14.6. The van der Waals surface area contributed by atoms with E-state index in [4.69, 9.17) is 16.6 Å². The van der Waals surface area contributed by atoms with E-state index in [0.29, 0.717) is 10.5 Å². The predicted octanol–water partition coefficient (Wildman–Crippen LogP) is 4.39. The maximum atomic E-state index is 13.5. The number of rotatable bonds is 3. The van der Waals surface area contributed by atoms with E-state index in [1.165, 1.54) is 16.7 Å². The van der Waals surface area contributed by atoms with E-state index < -0.39 is 6.10 Å². The first-order valence-corrected chi connectivity index (χ1v) is 11.3. The summed E-state index contributed by atoms with van der Waals surface area (Å²) < 4.78 is 1.69. The SMILES string of the molecule is O=c1c2cc(Cc3ccc(Cl)nc3)c3c(c2ncn1C1CCCCCC1O)CCC3. The third-order valence-electron chi connectivity index (χ3n) is 6.73. The van der Waals surface area contributed by atoms with Gasteiger partial charge >= 0.3 is 0 Å². The van der Waals surface area contributed by atoms with Crippen LogP contribution in [-0.2, 0) is 19.3 Å². The van der Waals surface area contributed by atoms with Crippen molar-refractivity contribution in [3.8, 4) is 0 Å². The van der Waals surface area contributed by atoms with Crippen molar-refractivity contribution in [2.75, 3.05) is 0 Å². The van der Waals surface area contributed by atoms with Crippen molar-refractivity contribution < 1.29 is 5.11 Å². The zero-order valence-corrected chi connectivity index (χ0v) is 17.7. The quantitative estimate of drug-likeness (QED) is 0.501. The van der Waals surface area contributed by atoms with Gasteiger partial charge in [-0.25, -0.2) is 9.97 Å². The highest BCUT2D eigenvalue weighted by molar-refractivity contribution is 6.29. The number of aliphatic hydroxyl groups excluding tert-OH is 1. The number of nitrogens with zero attached hydrogens (tertiary/aromatic N) is 3. The molecule has 6 heteroatoms. The van der Waals surface area contributed by atoms with Gasteiger partial charge in [0, 0.05) is 6.20 Å². The minimum absolute atomic E-state index is 0.0314. The Balaban J connectivity index is 1.62. The number of halogens is 1.